The second kappa shape index (κ2) is 15.8. The number of aromatic nitrogens is 2. The summed E-state index contributed by atoms with van der Waals surface area (Å²) in [7, 11) is 0. The van der Waals surface area contributed by atoms with E-state index in [0.717, 1.165) is 32.4 Å². The lowest BCUT2D eigenvalue weighted by molar-refractivity contribution is -0.215. The second-order valence-electron chi connectivity index (χ2n) is 13.3. The molecule has 45 heavy (non-hydrogen) atoms. The Bertz CT molecular complexity index is 1140. The molecular formula is C29H45F6N3O7. The van der Waals surface area contributed by atoms with Crippen LogP contribution in [0.4, 0.5) is 35.9 Å². The summed E-state index contributed by atoms with van der Waals surface area (Å²) in [4.78, 5) is 35.1. The molecule has 260 valence electrons. The van der Waals surface area contributed by atoms with E-state index in [1.165, 1.54) is 29.4 Å². The number of ketones is 1. The van der Waals surface area contributed by atoms with Gasteiger partial charge in [0.25, 0.3) is 0 Å². The molecule has 0 atom stereocenters. The fraction of sp³-hybridized carbons (Fsp3) is 0.724. The van der Waals surface area contributed by atoms with E-state index in [1.54, 1.807) is 41.5 Å². The molecule has 0 aliphatic carbocycles. The molecule has 0 fully saturated rings. The molecule has 2 rings (SSSR count). The highest BCUT2D eigenvalue weighted by molar-refractivity contribution is 5.96. The average molecular weight is 662 g/mol. The maximum Gasteiger partial charge on any atom is 0.435 e. The lowest BCUT2D eigenvalue weighted by atomic mass is 9.89. The van der Waals surface area contributed by atoms with Crippen molar-refractivity contribution in [3.8, 4) is 5.88 Å². The van der Waals surface area contributed by atoms with E-state index in [-0.39, 0.29) is 37.7 Å². The molecule has 1 aromatic heterocycles. The molecule has 0 spiro atoms. The number of nitrogens with zero attached hydrogens (tertiary/aromatic N) is 3. The van der Waals surface area contributed by atoms with Crippen molar-refractivity contribution in [2.45, 2.75) is 106 Å². The molecule has 2 heterocycles. The fourth-order valence-corrected chi connectivity index (χ4v) is 2.66. The Hall–Kier alpha value is -3.30. The van der Waals surface area contributed by atoms with Gasteiger partial charge in [0.1, 0.15) is 11.2 Å². The Kier molecular flexibility index (Phi) is 14.6. The lowest BCUT2D eigenvalue weighted by Gasteiger charge is -2.27. The van der Waals surface area contributed by atoms with Gasteiger partial charge in [0.2, 0.25) is 5.88 Å². The number of rotatable bonds is 6. The predicted octanol–water partition coefficient (Wildman–Crippen LogP) is 7.30. The summed E-state index contributed by atoms with van der Waals surface area (Å²) in [5, 5.41) is 12.1. The third-order valence-electron chi connectivity index (χ3n) is 5.79. The van der Waals surface area contributed by atoms with Gasteiger partial charge in [-0.05, 0) is 60.5 Å². The van der Waals surface area contributed by atoms with Crippen molar-refractivity contribution < 1.29 is 60.0 Å². The van der Waals surface area contributed by atoms with Crippen LogP contribution in [-0.4, -0.2) is 81.1 Å². The zero-order chi connectivity index (χ0) is 35.7. The lowest BCUT2D eigenvalue weighted by Crippen LogP contribution is -2.33. The van der Waals surface area contributed by atoms with Crippen molar-refractivity contribution in [2.75, 3.05) is 19.8 Å². The number of ether oxygens (including phenoxy) is 3. The number of aliphatic hydroxyl groups is 1. The number of halogens is 6. The van der Waals surface area contributed by atoms with Gasteiger partial charge in [-0.1, -0.05) is 27.7 Å². The molecule has 1 aromatic rings. The highest BCUT2D eigenvalue weighted by Crippen LogP contribution is 2.40. The molecule has 1 amide bonds. The molecule has 1 aliphatic rings. The summed E-state index contributed by atoms with van der Waals surface area (Å²) in [6.45, 7) is 14.4. The van der Waals surface area contributed by atoms with Crippen molar-refractivity contribution in [2.24, 2.45) is 10.8 Å². The number of hydrogen-bond donors (Lipinski definition) is 1. The van der Waals surface area contributed by atoms with Gasteiger partial charge in [0, 0.05) is 25.1 Å². The largest absolute Gasteiger partial charge is 0.477 e. The zero-order valence-electron chi connectivity index (χ0n) is 27.4. The number of carbonyl (C=O) groups excluding carboxylic acids is 3. The first-order valence-corrected chi connectivity index (χ1v) is 13.9. The molecule has 0 saturated carbocycles. The quantitative estimate of drug-likeness (QED) is 0.316. The summed E-state index contributed by atoms with van der Waals surface area (Å²) >= 11 is 0. The first-order chi connectivity index (χ1) is 20.0. The highest BCUT2D eigenvalue weighted by Gasteiger charge is 2.47. The number of hydrogen-bond acceptors (Lipinski definition) is 8. The highest BCUT2D eigenvalue weighted by atomic mass is 19.4. The third-order valence-corrected chi connectivity index (χ3v) is 5.79. The average Bonchev–Trinajstić information content (AvgIpc) is 3.45. The standard InChI is InChI=1S/C14H21F3N2O3.C9H13NO3.C6H11F3O/c1-12(2,3)22-11(20)19-8-6-10(18-19)21-9-7-13(4,5)14(15,16)17;1-9(2,3)13-8(12)10-5-4-7(11)6-10;1-5(2,3-4-10)6(7,8)9/h6,8H,7,9H2,1-5H3;4-5H,6H2,1-3H3;10H,3-4H2,1-2H3. The smallest absolute Gasteiger partial charge is 0.435 e. The van der Waals surface area contributed by atoms with E-state index in [0.29, 0.717) is 0 Å². The molecule has 0 saturated heterocycles. The summed E-state index contributed by atoms with van der Waals surface area (Å²) in [5.41, 5.74) is -4.79. The minimum Gasteiger partial charge on any atom is -0.477 e. The van der Waals surface area contributed by atoms with Crippen LogP contribution in [0.15, 0.2) is 24.5 Å². The Morgan fingerprint density at radius 2 is 1.29 bits per heavy atom. The van der Waals surface area contributed by atoms with Crippen LogP contribution >= 0.6 is 0 Å². The Balaban J connectivity index is 0.000000713. The van der Waals surface area contributed by atoms with Gasteiger partial charge in [-0.3, -0.25) is 9.69 Å². The first-order valence-electron chi connectivity index (χ1n) is 13.9. The van der Waals surface area contributed by atoms with E-state index in [1.807, 2.05) is 0 Å². The van der Waals surface area contributed by atoms with Crippen LogP contribution in [0, 0.1) is 10.8 Å². The fourth-order valence-electron chi connectivity index (χ4n) is 2.66. The Morgan fingerprint density at radius 1 is 0.822 bits per heavy atom. The Morgan fingerprint density at radius 3 is 1.67 bits per heavy atom. The van der Waals surface area contributed by atoms with Crippen LogP contribution in [-0.2, 0) is 14.3 Å². The van der Waals surface area contributed by atoms with Gasteiger partial charge in [0.05, 0.1) is 24.0 Å². The van der Waals surface area contributed by atoms with Crippen molar-refractivity contribution in [1.29, 1.82) is 0 Å². The third kappa shape index (κ3) is 16.0. The van der Waals surface area contributed by atoms with Gasteiger partial charge in [-0.2, -0.15) is 31.0 Å². The molecule has 0 bridgehead atoms. The van der Waals surface area contributed by atoms with Crippen LogP contribution < -0.4 is 4.74 Å². The van der Waals surface area contributed by atoms with Crippen LogP contribution in [0.1, 0.15) is 82.1 Å². The molecule has 16 heteroatoms. The van der Waals surface area contributed by atoms with Gasteiger partial charge < -0.3 is 19.3 Å². The van der Waals surface area contributed by atoms with Crippen molar-refractivity contribution in [3.63, 3.8) is 0 Å². The van der Waals surface area contributed by atoms with E-state index in [9.17, 15) is 40.7 Å². The number of aliphatic hydroxyl groups excluding tert-OH is 1. The molecule has 0 aromatic carbocycles. The van der Waals surface area contributed by atoms with Crippen LogP contribution in [0.25, 0.3) is 0 Å². The number of amides is 1. The molecule has 1 N–H and O–H groups in total. The van der Waals surface area contributed by atoms with Crippen molar-refractivity contribution >= 4 is 18.0 Å². The molecule has 0 unspecified atom stereocenters. The van der Waals surface area contributed by atoms with Crippen LogP contribution in [0.5, 0.6) is 5.88 Å². The second-order valence-corrected chi connectivity index (χ2v) is 13.3. The normalized spacial score (nSPS) is 14.2. The zero-order valence-corrected chi connectivity index (χ0v) is 27.4. The van der Waals surface area contributed by atoms with Crippen molar-refractivity contribution in [3.05, 3.63) is 24.5 Å². The van der Waals surface area contributed by atoms with E-state index in [4.69, 9.17) is 19.3 Å². The Labute approximate surface area is 259 Å². The number of carbonyl (C=O) groups is 3. The van der Waals surface area contributed by atoms with Crippen LogP contribution in [0.3, 0.4) is 0 Å². The molecule has 0 radical (unpaired) electrons. The van der Waals surface area contributed by atoms with Gasteiger partial charge in [-0.25, -0.2) is 9.59 Å². The minimum atomic E-state index is -4.30. The number of alkyl halides is 6. The SMILES string of the molecule is CC(C)(C)OC(=O)N1C=CC(=O)C1.CC(C)(C)OC(=O)n1ccc(OCCC(C)(C)C(F)(F)F)n1.CC(C)(CCO)C(F)(F)F. The van der Waals surface area contributed by atoms with Gasteiger partial charge in [0.15, 0.2) is 5.78 Å². The maximum atomic E-state index is 12.7. The summed E-state index contributed by atoms with van der Waals surface area (Å²) < 4.78 is 90.0. The van der Waals surface area contributed by atoms with Gasteiger partial charge >= 0.3 is 24.5 Å². The first kappa shape index (κ1) is 41.7. The van der Waals surface area contributed by atoms with E-state index < -0.39 is 53.2 Å². The minimum absolute atomic E-state index is 0.0730. The summed E-state index contributed by atoms with van der Waals surface area (Å²) in [5.74, 6) is -0.00491. The topological polar surface area (TPSA) is 120 Å². The van der Waals surface area contributed by atoms with E-state index in [2.05, 4.69) is 5.10 Å². The molecular weight excluding hydrogens is 616 g/mol. The molecule has 10 nitrogen and oxygen atoms in total. The van der Waals surface area contributed by atoms with E-state index >= 15 is 0 Å². The van der Waals surface area contributed by atoms with Crippen molar-refractivity contribution in [1.82, 2.24) is 14.7 Å². The van der Waals surface area contributed by atoms with Crippen LogP contribution in [0.2, 0.25) is 0 Å². The summed E-state index contributed by atoms with van der Waals surface area (Å²) in [6, 6.07) is 1.39. The monoisotopic (exact) mass is 661 g/mol. The summed E-state index contributed by atoms with van der Waals surface area (Å²) in [6.07, 6.45) is -5.99. The van der Waals surface area contributed by atoms with Gasteiger partial charge in [-0.15, -0.1) is 5.10 Å². The predicted molar refractivity (Wildman–Crippen MR) is 152 cm³/mol. The maximum absolute atomic E-state index is 12.7. The molecule has 1 aliphatic heterocycles.